The summed E-state index contributed by atoms with van der Waals surface area (Å²) in [5, 5.41) is 2.83. The van der Waals surface area contributed by atoms with E-state index in [9.17, 15) is 4.79 Å². The van der Waals surface area contributed by atoms with Gasteiger partial charge in [0.05, 0.1) is 5.69 Å². The highest BCUT2D eigenvalue weighted by atomic mass is 79.9. The summed E-state index contributed by atoms with van der Waals surface area (Å²) >= 11 is 3.44. The second-order valence-electron chi connectivity index (χ2n) is 4.93. The number of rotatable bonds is 6. The number of aryl methyl sites for hydroxylation is 1. The van der Waals surface area contributed by atoms with Gasteiger partial charge < -0.3 is 14.8 Å². The fourth-order valence-electron chi connectivity index (χ4n) is 1.87. The average Bonchev–Trinajstić information content (AvgIpc) is 2.54. The fraction of sp³-hybridized carbons (Fsp3) is 0.167. The van der Waals surface area contributed by atoms with Gasteiger partial charge in [0.25, 0.3) is 0 Å². The Kier molecular flexibility index (Phi) is 6.38. The van der Waals surface area contributed by atoms with E-state index in [0.29, 0.717) is 0 Å². The third kappa shape index (κ3) is 5.54. The number of benzene rings is 2. The van der Waals surface area contributed by atoms with Gasteiger partial charge in [0, 0.05) is 17.7 Å². The van der Waals surface area contributed by atoms with Crippen molar-refractivity contribution in [2.24, 2.45) is 0 Å². The summed E-state index contributed by atoms with van der Waals surface area (Å²) in [6, 6.07) is 13.2. The predicted octanol–water partition coefficient (Wildman–Crippen LogP) is 4.39. The molecule has 0 atom stereocenters. The molecule has 0 saturated carbocycles. The first-order valence-corrected chi connectivity index (χ1v) is 7.85. The maximum atomic E-state index is 12.0. The number of nitrogens with one attached hydrogen (secondary N) is 1. The molecule has 1 amide bonds. The summed E-state index contributed by atoms with van der Waals surface area (Å²) in [5.41, 5.74) is 2.78. The van der Waals surface area contributed by atoms with Gasteiger partial charge in [-0.05, 0) is 64.3 Å². The van der Waals surface area contributed by atoms with Crippen molar-refractivity contribution in [2.75, 3.05) is 19.2 Å². The van der Waals surface area contributed by atoms with Crippen molar-refractivity contribution in [3.8, 4) is 5.75 Å². The van der Waals surface area contributed by atoms with Gasteiger partial charge in [-0.15, -0.1) is 0 Å². The van der Waals surface area contributed by atoms with Crippen molar-refractivity contribution in [3.05, 3.63) is 64.1 Å². The first-order chi connectivity index (χ1) is 11.1. The van der Waals surface area contributed by atoms with Crippen LogP contribution >= 0.6 is 15.9 Å². The van der Waals surface area contributed by atoms with Crippen LogP contribution in [0.15, 0.2) is 53.0 Å². The zero-order chi connectivity index (χ0) is 16.7. The minimum atomic E-state index is -0.186. The average molecular weight is 376 g/mol. The second-order valence-corrected chi connectivity index (χ2v) is 5.78. The van der Waals surface area contributed by atoms with E-state index in [1.807, 2.05) is 49.4 Å². The van der Waals surface area contributed by atoms with Crippen LogP contribution in [0, 0.1) is 6.92 Å². The monoisotopic (exact) mass is 375 g/mol. The Bertz CT molecular complexity index is 696. The fourth-order valence-corrected chi connectivity index (χ4v) is 2.46. The zero-order valence-corrected chi connectivity index (χ0v) is 14.6. The molecule has 4 nitrogen and oxygen atoms in total. The molecule has 0 aliphatic rings. The Balaban J connectivity index is 1.95. The predicted molar refractivity (Wildman–Crippen MR) is 95.5 cm³/mol. The van der Waals surface area contributed by atoms with Crippen molar-refractivity contribution in [1.29, 1.82) is 0 Å². The Morgan fingerprint density at radius 2 is 1.96 bits per heavy atom. The summed E-state index contributed by atoms with van der Waals surface area (Å²) in [6.07, 6.45) is 3.24. The highest BCUT2D eigenvalue weighted by Crippen LogP contribution is 2.23. The van der Waals surface area contributed by atoms with Gasteiger partial charge in [-0.2, -0.15) is 0 Å². The number of methoxy groups -OCH3 is 1. The number of amides is 1. The van der Waals surface area contributed by atoms with Crippen LogP contribution in [0.2, 0.25) is 0 Å². The van der Waals surface area contributed by atoms with Crippen molar-refractivity contribution in [2.45, 2.75) is 6.92 Å². The topological polar surface area (TPSA) is 47.6 Å². The molecule has 2 rings (SSSR count). The van der Waals surface area contributed by atoms with E-state index in [4.69, 9.17) is 9.47 Å². The van der Waals surface area contributed by atoms with Gasteiger partial charge in [-0.1, -0.05) is 18.2 Å². The summed E-state index contributed by atoms with van der Waals surface area (Å²) in [7, 11) is 1.57. The molecule has 0 heterocycles. The normalized spacial score (nSPS) is 10.7. The number of halogens is 1. The van der Waals surface area contributed by atoms with Crippen LogP contribution in [0.3, 0.4) is 0 Å². The van der Waals surface area contributed by atoms with Crippen molar-refractivity contribution < 1.29 is 14.3 Å². The molecule has 0 unspecified atom stereocenters. The first kappa shape index (κ1) is 17.2. The number of anilines is 1. The lowest BCUT2D eigenvalue weighted by Gasteiger charge is -2.06. The highest BCUT2D eigenvalue weighted by molar-refractivity contribution is 9.10. The molecule has 0 radical (unpaired) electrons. The van der Waals surface area contributed by atoms with Crippen LogP contribution in [0.25, 0.3) is 6.08 Å². The Labute approximate surface area is 144 Å². The summed E-state index contributed by atoms with van der Waals surface area (Å²) in [5.74, 6) is 0.534. The van der Waals surface area contributed by atoms with Crippen LogP contribution < -0.4 is 10.1 Å². The van der Waals surface area contributed by atoms with Crippen LogP contribution in [0.4, 0.5) is 5.69 Å². The molecule has 0 aliphatic heterocycles. The van der Waals surface area contributed by atoms with Gasteiger partial charge in [0.1, 0.15) is 5.75 Å². The Morgan fingerprint density at radius 3 is 2.61 bits per heavy atom. The molecule has 120 valence electrons. The standard InChI is InChI=1S/C18H18BrNO3/c1-13-3-9-17(16(19)11-13)20-18(21)10-6-14-4-7-15(8-5-14)23-12-22-2/h3-11H,12H2,1-2H3,(H,20,21)/b10-6+. The molecule has 23 heavy (non-hydrogen) atoms. The van der Waals surface area contributed by atoms with E-state index in [0.717, 1.165) is 27.0 Å². The number of hydrogen-bond donors (Lipinski definition) is 1. The maximum Gasteiger partial charge on any atom is 0.248 e. The van der Waals surface area contributed by atoms with Crippen molar-refractivity contribution in [1.82, 2.24) is 0 Å². The van der Waals surface area contributed by atoms with E-state index in [1.165, 1.54) is 6.08 Å². The molecule has 2 aromatic rings. The highest BCUT2D eigenvalue weighted by Gasteiger charge is 2.02. The molecule has 0 saturated heterocycles. The van der Waals surface area contributed by atoms with E-state index in [2.05, 4.69) is 21.2 Å². The molecule has 2 aromatic carbocycles. The van der Waals surface area contributed by atoms with E-state index in [-0.39, 0.29) is 12.7 Å². The van der Waals surface area contributed by atoms with E-state index in [1.54, 1.807) is 13.2 Å². The second kappa shape index (κ2) is 8.50. The lowest BCUT2D eigenvalue weighted by Crippen LogP contribution is -2.08. The van der Waals surface area contributed by atoms with Crippen molar-refractivity contribution >= 4 is 33.6 Å². The minimum absolute atomic E-state index is 0.186. The smallest absolute Gasteiger partial charge is 0.248 e. The molecule has 1 N–H and O–H groups in total. The molecule has 5 heteroatoms. The SMILES string of the molecule is COCOc1ccc(/C=C/C(=O)Nc2ccc(C)cc2Br)cc1. The Hall–Kier alpha value is -2.11. The lowest BCUT2D eigenvalue weighted by atomic mass is 10.2. The van der Waals surface area contributed by atoms with Gasteiger partial charge in [-0.25, -0.2) is 0 Å². The molecule has 0 bridgehead atoms. The first-order valence-electron chi connectivity index (χ1n) is 7.05. The molecular formula is C18H18BrNO3. The molecule has 0 spiro atoms. The van der Waals surface area contributed by atoms with Crippen LogP contribution in [0.5, 0.6) is 5.75 Å². The minimum Gasteiger partial charge on any atom is -0.468 e. The van der Waals surface area contributed by atoms with E-state index < -0.39 is 0 Å². The van der Waals surface area contributed by atoms with Gasteiger partial charge >= 0.3 is 0 Å². The molecular weight excluding hydrogens is 358 g/mol. The van der Waals surface area contributed by atoms with E-state index >= 15 is 0 Å². The van der Waals surface area contributed by atoms with Crippen LogP contribution in [-0.2, 0) is 9.53 Å². The third-order valence-corrected chi connectivity index (χ3v) is 3.69. The zero-order valence-electron chi connectivity index (χ0n) is 13.0. The summed E-state index contributed by atoms with van der Waals surface area (Å²) < 4.78 is 11.0. The largest absolute Gasteiger partial charge is 0.468 e. The lowest BCUT2D eigenvalue weighted by molar-refractivity contribution is -0.111. The quantitative estimate of drug-likeness (QED) is 0.601. The molecule has 0 aromatic heterocycles. The number of ether oxygens (including phenoxy) is 2. The number of carbonyl (C=O) groups is 1. The van der Waals surface area contributed by atoms with Crippen LogP contribution in [-0.4, -0.2) is 19.8 Å². The third-order valence-electron chi connectivity index (χ3n) is 3.03. The van der Waals surface area contributed by atoms with Crippen molar-refractivity contribution in [3.63, 3.8) is 0 Å². The molecule has 0 fully saturated rings. The summed E-state index contributed by atoms with van der Waals surface area (Å²) in [6.45, 7) is 2.21. The van der Waals surface area contributed by atoms with Gasteiger partial charge in [0.15, 0.2) is 6.79 Å². The summed E-state index contributed by atoms with van der Waals surface area (Å²) in [4.78, 5) is 12.0. The number of carbonyl (C=O) groups excluding carboxylic acids is 1. The maximum absolute atomic E-state index is 12.0. The number of hydrogen-bond acceptors (Lipinski definition) is 3. The van der Waals surface area contributed by atoms with Crippen LogP contribution in [0.1, 0.15) is 11.1 Å². The Morgan fingerprint density at radius 1 is 1.22 bits per heavy atom. The van der Waals surface area contributed by atoms with Gasteiger partial charge in [-0.3, -0.25) is 4.79 Å². The molecule has 0 aliphatic carbocycles. The van der Waals surface area contributed by atoms with Gasteiger partial charge in [0.2, 0.25) is 5.91 Å².